The molecular formula is C20H22O3. The van der Waals surface area contributed by atoms with Crippen molar-refractivity contribution in [1.29, 1.82) is 0 Å². The molecule has 2 unspecified atom stereocenters. The average molecular weight is 310 g/mol. The van der Waals surface area contributed by atoms with Crippen molar-refractivity contribution >= 4 is 12.0 Å². The maximum atomic E-state index is 11.8. The molecule has 0 saturated heterocycles. The van der Waals surface area contributed by atoms with Gasteiger partial charge in [-0.2, -0.15) is 0 Å². The third-order valence-corrected chi connectivity index (χ3v) is 3.62. The van der Waals surface area contributed by atoms with Crippen LogP contribution < -0.4 is 0 Å². The molecule has 2 aromatic carbocycles. The monoisotopic (exact) mass is 310 g/mol. The Kier molecular flexibility index (Phi) is 6.57. The van der Waals surface area contributed by atoms with Crippen molar-refractivity contribution in [3.63, 3.8) is 0 Å². The van der Waals surface area contributed by atoms with Crippen LogP contribution >= 0.6 is 0 Å². The molecule has 0 saturated carbocycles. The molecule has 0 heterocycles. The molecule has 0 amide bonds. The fourth-order valence-corrected chi connectivity index (χ4v) is 2.44. The van der Waals surface area contributed by atoms with E-state index in [4.69, 9.17) is 4.74 Å². The number of carbonyl (C=O) groups excluding carboxylic acids is 1. The molecule has 0 bridgehead atoms. The molecule has 2 atom stereocenters. The van der Waals surface area contributed by atoms with Crippen molar-refractivity contribution in [3.05, 3.63) is 77.9 Å². The van der Waals surface area contributed by atoms with Gasteiger partial charge in [-0.1, -0.05) is 72.8 Å². The smallest absolute Gasteiger partial charge is 0.306 e. The van der Waals surface area contributed by atoms with Crippen molar-refractivity contribution in [2.24, 2.45) is 0 Å². The zero-order valence-corrected chi connectivity index (χ0v) is 13.3. The molecule has 0 aliphatic carbocycles. The Hall–Kier alpha value is -2.39. The summed E-state index contributed by atoms with van der Waals surface area (Å²) in [5, 5.41) is 10.5. The van der Waals surface area contributed by atoms with Gasteiger partial charge in [0.25, 0.3) is 0 Å². The summed E-state index contributed by atoms with van der Waals surface area (Å²) in [6.07, 6.45) is 2.98. The zero-order chi connectivity index (χ0) is 16.5. The van der Waals surface area contributed by atoms with E-state index in [0.717, 1.165) is 11.1 Å². The highest BCUT2D eigenvalue weighted by Crippen LogP contribution is 2.25. The summed E-state index contributed by atoms with van der Waals surface area (Å²) in [4.78, 5) is 11.8. The molecule has 2 rings (SSSR count). The number of ether oxygens (including phenoxy) is 1. The Morgan fingerprint density at radius 2 is 1.70 bits per heavy atom. The summed E-state index contributed by atoms with van der Waals surface area (Å²) in [6.45, 7) is 2.12. The molecule has 1 N–H and O–H groups in total. The first-order valence-electron chi connectivity index (χ1n) is 7.82. The van der Waals surface area contributed by atoms with Crippen LogP contribution in [-0.4, -0.2) is 23.8 Å². The van der Waals surface area contributed by atoms with E-state index in [0.29, 0.717) is 6.61 Å². The quantitative estimate of drug-likeness (QED) is 0.791. The van der Waals surface area contributed by atoms with Gasteiger partial charge in [-0.3, -0.25) is 4.79 Å². The van der Waals surface area contributed by atoms with Crippen molar-refractivity contribution in [1.82, 2.24) is 0 Å². The molecule has 0 aromatic heterocycles. The standard InChI is InChI=1S/C20H22O3/c1-2-23-20(22)15-18(17-11-7-4-8-12-17)19(21)14-13-16-9-5-3-6-10-16/h3-14,18-19,21H,2,15H2,1H3. The van der Waals surface area contributed by atoms with Gasteiger partial charge in [-0.05, 0) is 18.1 Å². The Labute approximate surface area is 137 Å². The summed E-state index contributed by atoms with van der Waals surface area (Å²) in [6, 6.07) is 19.3. The van der Waals surface area contributed by atoms with Gasteiger partial charge < -0.3 is 9.84 Å². The molecule has 0 fully saturated rings. The summed E-state index contributed by atoms with van der Waals surface area (Å²) in [5.41, 5.74) is 1.93. The highest BCUT2D eigenvalue weighted by atomic mass is 16.5. The number of aliphatic hydroxyl groups excluding tert-OH is 1. The molecule has 120 valence electrons. The van der Waals surface area contributed by atoms with Crippen LogP contribution in [0.15, 0.2) is 66.7 Å². The minimum Gasteiger partial charge on any atom is -0.466 e. The van der Waals surface area contributed by atoms with E-state index in [1.807, 2.05) is 66.7 Å². The summed E-state index contributed by atoms with van der Waals surface area (Å²) in [5.74, 6) is -0.622. The fourth-order valence-electron chi connectivity index (χ4n) is 2.44. The Balaban J connectivity index is 2.15. The third-order valence-electron chi connectivity index (χ3n) is 3.62. The number of hydrogen-bond donors (Lipinski definition) is 1. The fraction of sp³-hybridized carbons (Fsp3) is 0.250. The Morgan fingerprint density at radius 3 is 2.30 bits per heavy atom. The first kappa shape index (κ1) is 17.0. The third kappa shape index (κ3) is 5.38. The second kappa shape index (κ2) is 8.91. The average Bonchev–Trinajstić information content (AvgIpc) is 2.59. The van der Waals surface area contributed by atoms with Gasteiger partial charge in [0.05, 0.1) is 19.1 Å². The highest BCUT2D eigenvalue weighted by molar-refractivity contribution is 5.70. The first-order valence-corrected chi connectivity index (χ1v) is 7.82. The molecule has 0 spiro atoms. The van der Waals surface area contributed by atoms with Crippen LogP contribution in [0.3, 0.4) is 0 Å². The van der Waals surface area contributed by atoms with Gasteiger partial charge in [0, 0.05) is 5.92 Å². The SMILES string of the molecule is CCOC(=O)CC(c1ccccc1)C(O)C=Cc1ccccc1. The zero-order valence-electron chi connectivity index (χ0n) is 13.3. The van der Waals surface area contributed by atoms with Crippen LogP contribution in [0, 0.1) is 0 Å². The molecule has 0 aliphatic rings. The van der Waals surface area contributed by atoms with E-state index in [2.05, 4.69) is 0 Å². The predicted octanol–water partition coefficient (Wildman–Crippen LogP) is 3.80. The van der Waals surface area contributed by atoms with E-state index < -0.39 is 6.10 Å². The number of esters is 1. The van der Waals surface area contributed by atoms with E-state index in [9.17, 15) is 9.90 Å². The topological polar surface area (TPSA) is 46.5 Å². The van der Waals surface area contributed by atoms with Crippen LogP contribution in [0.2, 0.25) is 0 Å². The van der Waals surface area contributed by atoms with Crippen LogP contribution in [-0.2, 0) is 9.53 Å². The van der Waals surface area contributed by atoms with Crippen LogP contribution in [0.25, 0.3) is 6.08 Å². The maximum Gasteiger partial charge on any atom is 0.306 e. The van der Waals surface area contributed by atoms with Gasteiger partial charge in [0.1, 0.15) is 0 Å². The molecule has 0 aliphatic heterocycles. The van der Waals surface area contributed by atoms with Gasteiger partial charge in [0.15, 0.2) is 0 Å². The largest absolute Gasteiger partial charge is 0.466 e. The van der Waals surface area contributed by atoms with E-state index in [1.54, 1.807) is 13.0 Å². The van der Waals surface area contributed by atoms with Crippen molar-refractivity contribution in [3.8, 4) is 0 Å². The van der Waals surface area contributed by atoms with Crippen molar-refractivity contribution < 1.29 is 14.6 Å². The lowest BCUT2D eigenvalue weighted by atomic mass is 9.90. The lowest BCUT2D eigenvalue weighted by Crippen LogP contribution is -2.21. The molecular weight excluding hydrogens is 288 g/mol. The van der Waals surface area contributed by atoms with Crippen LogP contribution in [0.1, 0.15) is 30.4 Å². The van der Waals surface area contributed by atoms with Crippen LogP contribution in [0.4, 0.5) is 0 Å². The maximum absolute atomic E-state index is 11.8. The van der Waals surface area contributed by atoms with E-state index >= 15 is 0 Å². The second-order valence-electron chi connectivity index (χ2n) is 5.29. The Morgan fingerprint density at radius 1 is 1.09 bits per heavy atom. The minimum atomic E-state index is -0.762. The number of rotatable bonds is 7. The molecule has 0 radical (unpaired) electrons. The minimum absolute atomic E-state index is 0.151. The summed E-state index contributed by atoms with van der Waals surface area (Å²) >= 11 is 0. The number of benzene rings is 2. The number of carbonyl (C=O) groups is 1. The molecule has 3 nitrogen and oxygen atoms in total. The molecule has 3 heteroatoms. The lowest BCUT2D eigenvalue weighted by molar-refractivity contribution is -0.144. The van der Waals surface area contributed by atoms with Crippen molar-refractivity contribution in [2.45, 2.75) is 25.4 Å². The lowest BCUT2D eigenvalue weighted by Gasteiger charge is -2.20. The number of hydrogen-bond acceptors (Lipinski definition) is 3. The van der Waals surface area contributed by atoms with E-state index in [-0.39, 0.29) is 18.3 Å². The number of aliphatic hydroxyl groups is 1. The molecule has 23 heavy (non-hydrogen) atoms. The normalized spacial score (nSPS) is 13.7. The van der Waals surface area contributed by atoms with Crippen LogP contribution in [0.5, 0.6) is 0 Å². The Bertz CT molecular complexity index is 620. The van der Waals surface area contributed by atoms with Gasteiger partial charge in [-0.25, -0.2) is 0 Å². The predicted molar refractivity (Wildman–Crippen MR) is 91.9 cm³/mol. The summed E-state index contributed by atoms with van der Waals surface area (Å²) in [7, 11) is 0. The van der Waals surface area contributed by atoms with Gasteiger partial charge in [-0.15, -0.1) is 0 Å². The summed E-state index contributed by atoms with van der Waals surface area (Å²) < 4.78 is 5.03. The first-order chi connectivity index (χ1) is 11.2. The van der Waals surface area contributed by atoms with E-state index in [1.165, 1.54) is 0 Å². The van der Waals surface area contributed by atoms with Crippen molar-refractivity contribution in [2.75, 3.05) is 6.61 Å². The van der Waals surface area contributed by atoms with Gasteiger partial charge in [0.2, 0.25) is 0 Å². The highest BCUT2D eigenvalue weighted by Gasteiger charge is 2.23. The van der Waals surface area contributed by atoms with Gasteiger partial charge >= 0.3 is 5.97 Å². The second-order valence-corrected chi connectivity index (χ2v) is 5.29. The molecule has 2 aromatic rings.